The Hall–Kier alpha value is -0.920. The van der Waals surface area contributed by atoms with Crippen LogP contribution in [0.5, 0.6) is 0 Å². The highest BCUT2D eigenvalue weighted by atomic mass is 79.9. The molecule has 0 aromatic carbocycles. The number of amides is 1. The van der Waals surface area contributed by atoms with E-state index in [4.69, 9.17) is 9.84 Å². The van der Waals surface area contributed by atoms with Gasteiger partial charge in [0, 0.05) is 11.4 Å². The summed E-state index contributed by atoms with van der Waals surface area (Å²) in [6, 6.07) is 3.88. The first-order valence-corrected chi connectivity index (χ1v) is 7.41. The number of thiophene rings is 1. The molecule has 0 aliphatic carbocycles. The van der Waals surface area contributed by atoms with E-state index in [1.807, 2.05) is 19.1 Å². The Morgan fingerprint density at radius 3 is 2.68 bits per heavy atom. The molecule has 0 saturated heterocycles. The van der Waals surface area contributed by atoms with Crippen molar-refractivity contribution in [1.82, 2.24) is 4.90 Å². The van der Waals surface area contributed by atoms with Crippen molar-refractivity contribution < 1.29 is 19.4 Å². The maximum Gasteiger partial charge on any atom is 0.332 e. The molecule has 1 unspecified atom stereocenters. The lowest BCUT2D eigenvalue weighted by Crippen LogP contribution is -2.35. The Morgan fingerprint density at radius 1 is 1.53 bits per heavy atom. The third-order valence-corrected chi connectivity index (χ3v) is 4.12. The smallest absolute Gasteiger partial charge is 0.332 e. The minimum Gasteiger partial charge on any atom is -0.479 e. The van der Waals surface area contributed by atoms with E-state index in [1.54, 1.807) is 16.2 Å². The fraction of sp³-hybridized carbons (Fsp3) is 0.500. The van der Waals surface area contributed by atoms with Crippen LogP contribution in [-0.2, 0) is 20.9 Å². The number of hydrogen-bond acceptors (Lipinski definition) is 4. The van der Waals surface area contributed by atoms with Crippen molar-refractivity contribution in [2.45, 2.75) is 26.5 Å². The van der Waals surface area contributed by atoms with Gasteiger partial charge in [0.05, 0.1) is 10.3 Å². The number of carbonyl (C=O) groups excluding carboxylic acids is 1. The predicted molar refractivity (Wildman–Crippen MR) is 76.2 cm³/mol. The van der Waals surface area contributed by atoms with Crippen molar-refractivity contribution in [3.63, 3.8) is 0 Å². The molecular weight excluding hydrogens is 334 g/mol. The molecule has 5 nitrogen and oxygen atoms in total. The summed E-state index contributed by atoms with van der Waals surface area (Å²) < 4.78 is 6.01. The summed E-state index contributed by atoms with van der Waals surface area (Å²) in [5, 5.41) is 8.68. The van der Waals surface area contributed by atoms with Crippen LogP contribution >= 0.6 is 27.3 Å². The van der Waals surface area contributed by atoms with Gasteiger partial charge in [0.15, 0.2) is 6.10 Å². The zero-order chi connectivity index (χ0) is 14.4. The Labute approximate surface area is 124 Å². The van der Waals surface area contributed by atoms with E-state index in [0.717, 1.165) is 8.66 Å². The third kappa shape index (κ3) is 5.30. The summed E-state index contributed by atoms with van der Waals surface area (Å²) in [6.07, 6.45) is -0.974. The number of carboxylic acid groups (broad SMARTS) is 1. The van der Waals surface area contributed by atoms with Gasteiger partial charge < -0.3 is 14.7 Å². The lowest BCUT2D eigenvalue weighted by Gasteiger charge is -2.20. The molecule has 0 aliphatic rings. The molecule has 1 amide bonds. The summed E-state index contributed by atoms with van der Waals surface area (Å²) in [4.78, 5) is 25.2. The molecule has 0 radical (unpaired) electrons. The van der Waals surface area contributed by atoms with Crippen LogP contribution in [0, 0.1) is 0 Å². The lowest BCUT2D eigenvalue weighted by atomic mass is 10.4. The van der Waals surface area contributed by atoms with Crippen molar-refractivity contribution in [3.05, 3.63) is 20.8 Å². The number of ether oxygens (including phenoxy) is 1. The van der Waals surface area contributed by atoms with Crippen molar-refractivity contribution in [2.24, 2.45) is 0 Å². The normalized spacial score (nSPS) is 12.2. The van der Waals surface area contributed by atoms with E-state index >= 15 is 0 Å². The fourth-order valence-corrected chi connectivity index (χ4v) is 2.86. The number of hydrogen-bond donors (Lipinski definition) is 1. The molecular formula is C12H16BrNO4S. The number of halogens is 1. The number of rotatable bonds is 7. The lowest BCUT2D eigenvalue weighted by molar-refractivity contribution is -0.153. The van der Waals surface area contributed by atoms with Gasteiger partial charge in [-0.3, -0.25) is 4.79 Å². The van der Waals surface area contributed by atoms with Gasteiger partial charge in [0.2, 0.25) is 5.91 Å². The van der Waals surface area contributed by atoms with Crippen LogP contribution in [0.2, 0.25) is 0 Å². The third-order valence-electron chi connectivity index (χ3n) is 2.51. The van der Waals surface area contributed by atoms with Crippen LogP contribution in [0.15, 0.2) is 15.9 Å². The second kappa shape index (κ2) is 7.62. The van der Waals surface area contributed by atoms with Crippen LogP contribution in [-0.4, -0.2) is 41.1 Å². The molecule has 1 aromatic rings. The van der Waals surface area contributed by atoms with Gasteiger partial charge in [-0.05, 0) is 41.9 Å². The molecule has 0 fully saturated rings. The molecule has 19 heavy (non-hydrogen) atoms. The molecule has 0 bridgehead atoms. The maximum atomic E-state index is 11.9. The SMILES string of the molecule is CCN(Cc1ccc(Br)s1)C(=O)COC(C)C(=O)O. The molecule has 1 rings (SSSR count). The van der Waals surface area contributed by atoms with Crippen molar-refractivity contribution in [3.8, 4) is 0 Å². The average molecular weight is 350 g/mol. The molecule has 1 heterocycles. The number of carboxylic acids is 1. The van der Waals surface area contributed by atoms with E-state index < -0.39 is 12.1 Å². The van der Waals surface area contributed by atoms with E-state index in [1.165, 1.54) is 6.92 Å². The summed E-state index contributed by atoms with van der Waals surface area (Å²) in [6.45, 7) is 4.13. The molecule has 1 N–H and O–H groups in total. The minimum atomic E-state index is -1.07. The highest BCUT2D eigenvalue weighted by Crippen LogP contribution is 2.23. The monoisotopic (exact) mass is 349 g/mol. The van der Waals surface area contributed by atoms with E-state index in [2.05, 4.69) is 15.9 Å². The maximum absolute atomic E-state index is 11.9. The van der Waals surface area contributed by atoms with Gasteiger partial charge in [-0.2, -0.15) is 0 Å². The van der Waals surface area contributed by atoms with Crippen molar-refractivity contribution >= 4 is 39.1 Å². The predicted octanol–water partition coefficient (Wildman–Crippen LogP) is 2.35. The van der Waals surface area contributed by atoms with Crippen LogP contribution < -0.4 is 0 Å². The standard InChI is InChI=1S/C12H16BrNO4S/c1-3-14(6-9-4-5-10(13)19-9)11(15)7-18-8(2)12(16)17/h4-5,8H,3,6-7H2,1-2H3,(H,16,17). The summed E-state index contributed by atoms with van der Waals surface area (Å²) in [5.41, 5.74) is 0. The first-order chi connectivity index (χ1) is 8.93. The average Bonchev–Trinajstić information content (AvgIpc) is 2.77. The van der Waals surface area contributed by atoms with Gasteiger partial charge >= 0.3 is 5.97 Å². The highest BCUT2D eigenvalue weighted by molar-refractivity contribution is 9.11. The molecule has 7 heteroatoms. The second-order valence-corrected chi connectivity index (χ2v) is 6.45. The highest BCUT2D eigenvalue weighted by Gasteiger charge is 2.17. The Morgan fingerprint density at radius 2 is 2.21 bits per heavy atom. The van der Waals surface area contributed by atoms with E-state index in [9.17, 15) is 9.59 Å². The van der Waals surface area contributed by atoms with E-state index in [0.29, 0.717) is 13.1 Å². The summed E-state index contributed by atoms with van der Waals surface area (Å²) >= 11 is 4.94. The molecule has 0 spiro atoms. The molecule has 1 atom stereocenters. The summed E-state index contributed by atoms with van der Waals surface area (Å²) in [5.74, 6) is -1.28. The molecule has 1 aromatic heterocycles. The topological polar surface area (TPSA) is 66.8 Å². The minimum absolute atomic E-state index is 0.208. The van der Waals surface area contributed by atoms with E-state index in [-0.39, 0.29) is 12.5 Å². The van der Waals surface area contributed by atoms with Gasteiger partial charge in [-0.25, -0.2) is 4.79 Å². The Bertz CT molecular complexity index is 449. The first-order valence-electron chi connectivity index (χ1n) is 5.80. The molecule has 0 aliphatic heterocycles. The van der Waals surface area contributed by atoms with Gasteiger partial charge in [0.1, 0.15) is 6.61 Å². The van der Waals surface area contributed by atoms with Gasteiger partial charge in [-0.15, -0.1) is 11.3 Å². The fourth-order valence-electron chi connectivity index (χ4n) is 1.36. The summed E-state index contributed by atoms with van der Waals surface area (Å²) in [7, 11) is 0. The molecule has 0 saturated carbocycles. The van der Waals surface area contributed by atoms with Crippen molar-refractivity contribution in [2.75, 3.05) is 13.2 Å². The first kappa shape index (κ1) is 16.1. The molecule has 106 valence electrons. The van der Waals surface area contributed by atoms with Crippen LogP contribution in [0.25, 0.3) is 0 Å². The Balaban J connectivity index is 2.50. The zero-order valence-electron chi connectivity index (χ0n) is 10.8. The van der Waals surface area contributed by atoms with Gasteiger partial charge in [-0.1, -0.05) is 0 Å². The van der Waals surface area contributed by atoms with Crippen LogP contribution in [0.1, 0.15) is 18.7 Å². The quantitative estimate of drug-likeness (QED) is 0.820. The van der Waals surface area contributed by atoms with Crippen LogP contribution in [0.4, 0.5) is 0 Å². The number of nitrogens with zero attached hydrogens (tertiary/aromatic N) is 1. The van der Waals surface area contributed by atoms with Gasteiger partial charge in [0.25, 0.3) is 0 Å². The van der Waals surface area contributed by atoms with Crippen LogP contribution in [0.3, 0.4) is 0 Å². The number of carbonyl (C=O) groups is 2. The largest absolute Gasteiger partial charge is 0.479 e. The second-order valence-electron chi connectivity index (χ2n) is 3.91. The number of likely N-dealkylation sites (N-methyl/N-ethyl adjacent to an activating group) is 1. The number of aliphatic carboxylic acids is 1. The van der Waals surface area contributed by atoms with Crippen molar-refractivity contribution in [1.29, 1.82) is 0 Å². The zero-order valence-corrected chi connectivity index (χ0v) is 13.2. The Kier molecular flexibility index (Phi) is 6.47.